The molecule has 1 aromatic carbocycles. The second-order valence-electron chi connectivity index (χ2n) is 4.70. The van der Waals surface area contributed by atoms with Crippen LogP contribution in [0.4, 0.5) is 0 Å². The second kappa shape index (κ2) is 7.04. The quantitative estimate of drug-likeness (QED) is 0.735. The van der Waals surface area contributed by atoms with Crippen molar-refractivity contribution < 1.29 is 14.3 Å². The minimum absolute atomic E-state index is 0.0785. The molecule has 0 saturated heterocycles. The summed E-state index contributed by atoms with van der Waals surface area (Å²) in [6.07, 6.45) is 4.41. The molecule has 1 unspecified atom stereocenters. The van der Waals surface area contributed by atoms with Crippen molar-refractivity contribution in [2.75, 3.05) is 13.7 Å². The van der Waals surface area contributed by atoms with Crippen LogP contribution in [0.25, 0.3) is 0 Å². The number of rotatable bonds is 7. The van der Waals surface area contributed by atoms with Crippen LogP contribution in [0.2, 0.25) is 0 Å². The van der Waals surface area contributed by atoms with Crippen molar-refractivity contribution in [1.29, 1.82) is 0 Å². The molecule has 0 saturated carbocycles. The monoisotopic (exact) mass is 288 g/mol. The van der Waals surface area contributed by atoms with Gasteiger partial charge in [-0.3, -0.25) is 4.79 Å². The van der Waals surface area contributed by atoms with Crippen LogP contribution in [0.15, 0.2) is 30.6 Å². The summed E-state index contributed by atoms with van der Waals surface area (Å²) >= 11 is 0. The van der Waals surface area contributed by atoms with E-state index in [2.05, 4.69) is 4.98 Å². The van der Waals surface area contributed by atoms with Crippen molar-refractivity contribution in [2.45, 2.75) is 26.5 Å². The number of carbonyl (C=O) groups is 1. The molecule has 0 aliphatic heterocycles. The lowest BCUT2D eigenvalue weighted by Gasteiger charge is -2.15. The molecule has 0 aliphatic carbocycles. The maximum absolute atomic E-state index is 10.9. The summed E-state index contributed by atoms with van der Waals surface area (Å²) in [6, 6.07) is 5.38. The van der Waals surface area contributed by atoms with Crippen LogP contribution in [0.3, 0.4) is 0 Å². The Labute approximate surface area is 124 Å². The maximum Gasteiger partial charge on any atom is 0.150 e. The van der Waals surface area contributed by atoms with Gasteiger partial charge in [0.15, 0.2) is 0 Å². The van der Waals surface area contributed by atoms with Crippen LogP contribution in [0, 0.1) is 0 Å². The molecule has 0 radical (unpaired) electrons. The number of ether oxygens (including phenoxy) is 2. The molecule has 0 fully saturated rings. The van der Waals surface area contributed by atoms with Gasteiger partial charge in [0.1, 0.15) is 24.0 Å². The topological polar surface area (TPSA) is 53.4 Å². The molecule has 5 nitrogen and oxygen atoms in total. The van der Waals surface area contributed by atoms with Gasteiger partial charge < -0.3 is 14.0 Å². The Balaban J connectivity index is 2.30. The highest BCUT2D eigenvalue weighted by atomic mass is 16.5. The predicted octanol–water partition coefficient (Wildman–Crippen LogP) is 2.85. The Hall–Kier alpha value is -2.14. The second-order valence-corrected chi connectivity index (χ2v) is 4.70. The Kier molecular flexibility index (Phi) is 5.11. The summed E-state index contributed by atoms with van der Waals surface area (Å²) in [4.78, 5) is 15.3. The van der Waals surface area contributed by atoms with E-state index in [1.165, 1.54) is 0 Å². The molecule has 112 valence electrons. The lowest BCUT2D eigenvalue weighted by atomic mass is 10.1. The Morgan fingerprint density at radius 2 is 2.24 bits per heavy atom. The molecule has 1 heterocycles. The van der Waals surface area contributed by atoms with E-state index >= 15 is 0 Å². The highest BCUT2D eigenvalue weighted by molar-refractivity contribution is 5.75. The van der Waals surface area contributed by atoms with Gasteiger partial charge in [-0.2, -0.15) is 0 Å². The molecule has 2 rings (SSSR count). The van der Waals surface area contributed by atoms with Crippen LogP contribution in [-0.2, 0) is 11.3 Å². The standard InChI is InChI=1S/C16H20N2O3/c1-4-21-12(2)16-17-7-8-18(16)10-14-9-13(11-19)5-6-15(14)20-3/h5-9,11-12H,4,10H2,1-3H3. The number of nitrogens with zero attached hydrogens (tertiary/aromatic N) is 2. The van der Waals surface area contributed by atoms with Crippen molar-refractivity contribution in [3.05, 3.63) is 47.5 Å². The van der Waals surface area contributed by atoms with Gasteiger partial charge >= 0.3 is 0 Å². The van der Waals surface area contributed by atoms with Crippen LogP contribution in [0.1, 0.15) is 41.7 Å². The molecule has 0 N–H and O–H groups in total. The SMILES string of the molecule is CCOC(C)c1nccn1Cc1cc(C=O)ccc1OC. The zero-order chi connectivity index (χ0) is 15.2. The summed E-state index contributed by atoms with van der Waals surface area (Å²) in [5, 5.41) is 0. The van der Waals surface area contributed by atoms with Crippen LogP contribution in [-0.4, -0.2) is 29.6 Å². The fraction of sp³-hybridized carbons (Fsp3) is 0.375. The summed E-state index contributed by atoms with van der Waals surface area (Å²) in [5.74, 6) is 1.61. The molecule has 0 spiro atoms. The Bertz CT molecular complexity index is 607. The van der Waals surface area contributed by atoms with Gasteiger partial charge in [-0.1, -0.05) is 0 Å². The first-order chi connectivity index (χ1) is 10.2. The minimum Gasteiger partial charge on any atom is -0.496 e. The van der Waals surface area contributed by atoms with E-state index in [4.69, 9.17) is 9.47 Å². The lowest BCUT2D eigenvalue weighted by molar-refractivity contribution is 0.0677. The molecule has 0 amide bonds. The maximum atomic E-state index is 10.9. The Morgan fingerprint density at radius 1 is 1.43 bits per heavy atom. The highest BCUT2D eigenvalue weighted by Crippen LogP contribution is 2.23. The average molecular weight is 288 g/mol. The largest absolute Gasteiger partial charge is 0.496 e. The van der Waals surface area contributed by atoms with E-state index in [0.717, 1.165) is 23.4 Å². The van der Waals surface area contributed by atoms with E-state index < -0.39 is 0 Å². The van der Waals surface area contributed by atoms with Gasteiger partial charge in [0.25, 0.3) is 0 Å². The number of carbonyl (C=O) groups excluding carboxylic acids is 1. The molecule has 21 heavy (non-hydrogen) atoms. The molecule has 0 bridgehead atoms. The highest BCUT2D eigenvalue weighted by Gasteiger charge is 2.14. The van der Waals surface area contributed by atoms with E-state index in [-0.39, 0.29) is 6.10 Å². The Morgan fingerprint density at radius 3 is 2.90 bits per heavy atom. The third kappa shape index (κ3) is 3.49. The first kappa shape index (κ1) is 15.3. The van der Waals surface area contributed by atoms with Crippen LogP contribution < -0.4 is 4.74 Å². The lowest BCUT2D eigenvalue weighted by Crippen LogP contribution is -2.11. The average Bonchev–Trinajstić information content (AvgIpc) is 2.95. The number of methoxy groups -OCH3 is 1. The molecular weight excluding hydrogens is 268 g/mol. The first-order valence-electron chi connectivity index (χ1n) is 6.94. The molecule has 5 heteroatoms. The van der Waals surface area contributed by atoms with Gasteiger partial charge in [-0.25, -0.2) is 4.98 Å². The first-order valence-corrected chi connectivity index (χ1v) is 6.94. The van der Waals surface area contributed by atoms with Gasteiger partial charge in [0.2, 0.25) is 0 Å². The van der Waals surface area contributed by atoms with Crippen LogP contribution >= 0.6 is 0 Å². The summed E-state index contributed by atoms with van der Waals surface area (Å²) < 4.78 is 13.0. The minimum atomic E-state index is -0.0785. The predicted molar refractivity (Wildman–Crippen MR) is 79.8 cm³/mol. The van der Waals surface area contributed by atoms with Gasteiger partial charge in [-0.15, -0.1) is 0 Å². The molecule has 0 aliphatic rings. The summed E-state index contributed by atoms with van der Waals surface area (Å²) in [5.41, 5.74) is 1.57. The molecular formula is C16H20N2O3. The zero-order valence-electron chi connectivity index (χ0n) is 12.6. The third-order valence-corrected chi connectivity index (χ3v) is 3.31. The van der Waals surface area contributed by atoms with E-state index in [1.54, 1.807) is 19.4 Å². The van der Waals surface area contributed by atoms with Crippen molar-refractivity contribution in [1.82, 2.24) is 9.55 Å². The van der Waals surface area contributed by atoms with Crippen LogP contribution in [0.5, 0.6) is 5.75 Å². The number of benzene rings is 1. The van der Waals surface area contributed by atoms with Crippen molar-refractivity contribution >= 4 is 6.29 Å². The summed E-state index contributed by atoms with van der Waals surface area (Å²) in [7, 11) is 1.62. The molecule has 1 atom stereocenters. The summed E-state index contributed by atoms with van der Waals surface area (Å²) in [6.45, 7) is 5.15. The van der Waals surface area contributed by atoms with E-state index in [9.17, 15) is 4.79 Å². The normalized spacial score (nSPS) is 12.1. The smallest absolute Gasteiger partial charge is 0.150 e. The third-order valence-electron chi connectivity index (χ3n) is 3.31. The van der Waals surface area contributed by atoms with E-state index in [0.29, 0.717) is 18.7 Å². The van der Waals surface area contributed by atoms with Gasteiger partial charge in [-0.05, 0) is 32.0 Å². The van der Waals surface area contributed by atoms with Gasteiger partial charge in [0.05, 0.1) is 13.7 Å². The fourth-order valence-corrected chi connectivity index (χ4v) is 2.32. The van der Waals surface area contributed by atoms with E-state index in [1.807, 2.05) is 36.7 Å². The molecule has 1 aromatic heterocycles. The number of imidazole rings is 1. The zero-order valence-corrected chi connectivity index (χ0v) is 12.6. The number of hydrogen-bond donors (Lipinski definition) is 0. The van der Waals surface area contributed by atoms with Crippen molar-refractivity contribution in [2.24, 2.45) is 0 Å². The van der Waals surface area contributed by atoms with Crippen molar-refractivity contribution in [3.8, 4) is 5.75 Å². The van der Waals surface area contributed by atoms with Gasteiger partial charge in [0, 0.05) is 30.1 Å². The number of aldehydes is 1. The molecule has 2 aromatic rings. The number of aromatic nitrogens is 2. The van der Waals surface area contributed by atoms with Crippen molar-refractivity contribution in [3.63, 3.8) is 0 Å². The number of hydrogen-bond acceptors (Lipinski definition) is 4. The fourth-order valence-electron chi connectivity index (χ4n) is 2.32.